The van der Waals surface area contributed by atoms with Gasteiger partial charge in [0.2, 0.25) is 0 Å². The second kappa shape index (κ2) is 9.10. The number of benzene rings is 1. The molecule has 0 heterocycles. The fourth-order valence-corrected chi connectivity index (χ4v) is 2.08. The second-order valence-corrected chi connectivity index (χ2v) is 4.50. The van der Waals surface area contributed by atoms with Gasteiger partial charge in [0, 0.05) is 13.1 Å². The topological polar surface area (TPSA) is 29.5 Å². The smallest absolute Gasteiger partial charge is 0.323 e. The van der Waals surface area contributed by atoms with E-state index in [-0.39, 0.29) is 12.0 Å². The van der Waals surface area contributed by atoms with Crippen molar-refractivity contribution in [2.45, 2.75) is 25.9 Å². The number of nitrogens with zero attached hydrogens (tertiary/aromatic N) is 1. The first-order valence-electron chi connectivity index (χ1n) is 6.89. The van der Waals surface area contributed by atoms with Gasteiger partial charge in [-0.1, -0.05) is 42.5 Å². The van der Waals surface area contributed by atoms with Crippen LogP contribution in [0.4, 0.5) is 0 Å². The van der Waals surface area contributed by atoms with E-state index in [2.05, 4.69) is 18.1 Å². The lowest BCUT2D eigenvalue weighted by Crippen LogP contribution is -2.41. The van der Waals surface area contributed by atoms with E-state index in [4.69, 9.17) is 4.74 Å². The Bertz CT molecular complexity index is 428. The molecule has 0 radical (unpaired) electrons. The fourth-order valence-electron chi connectivity index (χ4n) is 2.08. The van der Waals surface area contributed by atoms with Gasteiger partial charge in [-0.05, 0) is 18.9 Å². The zero-order valence-electron chi connectivity index (χ0n) is 12.1. The van der Waals surface area contributed by atoms with Gasteiger partial charge in [-0.2, -0.15) is 0 Å². The maximum absolute atomic E-state index is 12.1. The Hall–Kier alpha value is -1.87. The molecule has 0 saturated carbocycles. The van der Waals surface area contributed by atoms with Crippen LogP contribution in [-0.4, -0.2) is 30.1 Å². The molecule has 0 aromatic heterocycles. The molecule has 3 heteroatoms. The lowest BCUT2D eigenvalue weighted by atomic mass is 10.1. The van der Waals surface area contributed by atoms with Crippen LogP contribution in [0.15, 0.2) is 55.6 Å². The highest BCUT2D eigenvalue weighted by Crippen LogP contribution is 2.13. The molecule has 0 saturated heterocycles. The third kappa shape index (κ3) is 5.02. The SMILES string of the molecule is C=CCC(C(=O)OCC)N(CC=C)Cc1ccccc1. The van der Waals surface area contributed by atoms with Crippen LogP contribution >= 0.6 is 0 Å². The zero-order valence-corrected chi connectivity index (χ0v) is 12.1. The number of carbonyl (C=O) groups is 1. The molecule has 0 aliphatic carbocycles. The normalized spacial score (nSPS) is 11.9. The summed E-state index contributed by atoms with van der Waals surface area (Å²) in [5.74, 6) is -0.204. The minimum absolute atomic E-state index is 0.204. The van der Waals surface area contributed by atoms with E-state index in [0.29, 0.717) is 26.1 Å². The van der Waals surface area contributed by atoms with Crippen molar-refractivity contribution in [1.82, 2.24) is 4.90 Å². The van der Waals surface area contributed by atoms with Gasteiger partial charge in [0.05, 0.1) is 6.61 Å². The standard InChI is InChI=1S/C17H23NO2/c1-4-10-16(17(19)20-6-3)18(13-5-2)14-15-11-8-7-9-12-15/h4-5,7-9,11-12,16H,1-2,6,10,13-14H2,3H3. The minimum Gasteiger partial charge on any atom is -0.465 e. The maximum atomic E-state index is 12.1. The van der Waals surface area contributed by atoms with Gasteiger partial charge in [0.15, 0.2) is 0 Å². The quantitative estimate of drug-likeness (QED) is 0.511. The molecule has 3 nitrogen and oxygen atoms in total. The number of carbonyl (C=O) groups excluding carboxylic acids is 1. The maximum Gasteiger partial charge on any atom is 0.323 e. The van der Waals surface area contributed by atoms with Gasteiger partial charge in [-0.15, -0.1) is 13.2 Å². The third-order valence-electron chi connectivity index (χ3n) is 2.98. The Morgan fingerprint density at radius 2 is 2.00 bits per heavy atom. The van der Waals surface area contributed by atoms with Crippen LogP contribution < -0.4 is 0 Å². The molecular formula is C17H23NO2. The highest BCUT2D eigenvalue weighted by atomic mass is 16.5. The molecule has 0 bridgehead atoms. The molecule has 0 aliphatic heterocycles. The lowest BCUT2D eigenvalue weighted by Gasteiger charge is -2.28. The second-order valence-electron chi connectivity index (χ2n) is 4.50. The van der Waals surface area contributed by atoms with E-state index < -0.39 is 0 Å². The molecule has 0 amide bonds. The van der Waals surface area contributed by atoms with Crippen LogP contribution in [0.1, 0.15) is 18.9 Å². The Labute approximate surface area is 121 Å². The first-order chi connectivity index (χ1) is 9.72. The molecule has 0 N–H and O–H groups in total. The summed E-state index contributed by atoms with van der Waals surface area (Å²) in [5, 5.41) is 0. The summed E-state index contributed by atoms with van der Waals surface area (Å²) < 4.78 is 5.16. The van der Waals surface area contributed by atoms with Gasteiger partial charge < -0.3 is 4.74 Å². The van der Waals surface area contributed by atoms with Crippen LogP contribution in [0, 0.1) is 0 Å². The van der Waals surface area contributed by atoms with Crippen LogP contribution in [-0.2, 0) is 16.1 Å². The van der Waals surface area contributed by atoms with Gasteiger partial charge in [0.25, 0.3) is 0 Å². The number of esters is 1. The highest BCUT2D eigenvalue weighted by molar-refractivity contribution is 5.76. The summed E-state index contributed by atoms with van der Waals surface area (Å²) in [7, 11) is 0. The van der Waals surface area contributed by atoms with E-state index >= 15 is 0 Å². The summed E-state index contributed by atoms with van der Waals surface area (Å²) in [6, 6.07) is 9.75. The molecule has 0 spiro atoms. The first kappa shape index (κ1) is 16.2. The van der Waals surface area contributed by atoms with E-state index in [1.54, 1.807) is 12.2 Å². The number of hydrogen-bond acceptors (Lipinski definition) is 3. The average Bonchev–Trinajstić information content (AvgIpc) is 2.46. The van der Waals surface area contributed by atoms with E-state index in [9.17, 15) is 4.79 Å². The molecule has 1 aromatic rings. The highest BCUT2D eigenvalue weighted by Gasteiger charge is 2.25. The summed E-state index contributed by atoms with van der Waals surface area (Å²) in [6.07, 6.45) is 4.13. The minimum atomic E-state index is -0.314. The van der Waals surface area contributed by atoms with Crippen molar-refractivity contribution in [1.29, 1.82) is 0 Å². The van der Waals surface area contributed by atoms with Crippen molar-refractivity contribution in [3.05, 3.63) is 61.2 Å². The van der Waals surface area contributed by atoms with Crippen molar-refractivity contribution in [3.63, 3.8) is 0 Å². The van der Waals surface area contributed by atoms with Crippen molar-refractivity contribution in [2.75, 3.05) is 13.2 Å². The summed E-state index contributed by atoms with van der Waals surface area (Å²) >= 11 is 0. The summed E-state index contributed by atoms with van der Waals surface area (Å²) in [4.78, 5) is 14.2. The molecule has 1 rings (SSSR count). The number of rotatable bonds is 9. The summed E-state index contributed by atoms with van der Waals surface area (Å²) in [5.41, 5.74) is 1.16. The molecule has 0 aliphatic rings. The van der Waals surface area contributed by atoms with Crippen LogP contribution in [0.5, 0.6) is 0 Å². The Balaban J connectivity index is 2.86. The van der Waals surface area contributed by atoms with Crippen molar-refractivity contribution in [2.24, 2.45) is 0 Å². The monoisotopic (exact) mass is 273 g/mol. The first-order valence-corrected chi connectivity index (χ1v) is 6.89. The van der Waals surface area contributed by atoms with E-state index in [1.165, 1.54) is 0 Å². The fraction of sp³-hybridized carbons (Fsp3) is 0.353. The molecule has 1 aromatic carbocycles. The molecular weight excluding hydrogens is 250 g/mol. The van der Waals surface area contributed by atoms with E-state index in [0.717, 1.165) is 5.56 Å². The van der Waals surface area contributed by atoms with Crippen LogP contribution in [0.25, 0.3) is 0 Å². The Kier molecular flexibility index (Phi) is 7.36. The third-order valence-corrected chi connectivity index (χ3v) is 2.98. The predicted molar refractivity (Wildman–Crippen MR) is 82.3 cm³/mol. The van der Waals surface area contributed by atoms with Crippen molar-refractivity contribution < 1.29 is 9.53 Å². The zero-order chi connectivity index (χ0) is 14.8. The van der Waals surface area contributed by atoms with Gasteiger partial charge >= 0.3 is 5.97 Å². The van der Waals surface area contributed by atoms with Gasteiger partial charge in [-0.3, -0.25) is 9.69 Å². The Morgan fingerprint density at radius 1 is 1.30 bits per heavy atom. The lowest BCUT2D eigenvalue weighted by molar-refractivity contribution is -0.149. The number of ether oxygens (including phenoxy) is 1. The van der Waals surface area contributed by atoms with Gasteiger partial charge in [-0.25, -0.2) is 0 Å². The van der Waals surface area contributed by atoms with Gasteiger partial charge in [0.1, 0.15) is 6.04 Å². The molecule has 1 unspecified atom stereocenters. The Morgan fingerprint density at radius 3 is 2.55 bits per heavy atom. The number of hydrogen-bond donors (Lipinski definition) is 0. The van der Waals surface area contributed by atoms with Crippen LogP contribution in [0.3, 0.4) is 0 Å². The van der Waals surface area contributed by atoms with Crippen molar-refractivity contribution in [3.8, 4) is 0 Å². The molecule has 108 valence electrons. The summed E-state index contributed by atoms with van der Waals surface area (Å²) in [6.45, 7) is 11.0. The van der Waals surface area contributed by atoms with Crippen LogP contribution in [0.2, 0.25) is 0 Å². The largest absolute Gasteiger partial charge is 0.465 e. The molecule has 0 fully saturated rings. The molecule has 1 atom stereocenters. The average molecular weight is 273 g/mol. The van der Waals surface area contributed by atoms with Crippen molar-refractivity contribution >= 4 is 5.97 Å². The van der Waals surface area contributed by atoms with E-state index in [1.807, 2.05) is 37.3 Å². The predicted octanol–water partition coefficient (Wildman–Crippen LogP) is 3.18. The molecule has 20 heavy (non-hydrogen) atoms.